The Morgan fingerprint density at radius 3 is 2.84 bits per heavy atom. The summed E-state index contributed by atoms with van der Waals surface area (Å²) in [6.45, 7) is 1.47. The van der Waals surface area contributed by atoms with Gasteiger partial charge in [0, 0.05) is 28.9 Å². The van der Waals surface area contributed by atoms with Crippen LogP contribution in [0.1, 0.15) is 48.2 Å². The summed E-state index contributed by atoms with van der Waals surface area (Å²) in [6.07, 6.45) is 3.41. The minimum Gasteiger partial charge on any atom is -0.468 e. The molecule has 0 fully saturated rings. The Morgan fingerprint density at radius 2 is 2.12 bits per heavy atom. The molecule has 1 aromatic carbocycles. The van der Waals surface area contributed by atoms with E-state index >= 15 is 0 Å². The summed E-state index contributed by atoms with van der Waals surface area (Å²) >= 11 is 1.21. The van der Waals surface area contributed by atoms with Crippen molar-refractivity contribution in [3.05, 3.63) is 75.9 Å². The first-order valence-electron chi connectivity index (χ1n) is 10.2. The Kier molecular flexibility index (Phi) is 6.28. The van der Waals surface area contributed by atoms with Crippen LogP contribution in [0.3, 0.4) is 0 Å². The minimum atomic E-state index is -0.572. The molecule has 1 aliphatic carbocycles. The van der Waals surface area contributed by atoms with Gasteiger partial charge in [-0.3, -0.25) is 14.4 Å². The van der Waals surface area contributed by atoms with Crippen LogP contribution in [0.2, 0.25) is 0 Å². The Labute approximate surface area is 189 Å². The van der Waals surface area contributed by atoms with Crippen LogP contribution in [0.25, 0.3) is 0 Å². The molecular formula is C24H21N3O4S. The number of dihydropyridines is 1. The molecule has 2 aliphatic rings. The first-order chi connectivity index (χ1) is 15.5. The van der Waals surface area contributed by atoms with E-state index in [0.717, 1.165) is 12.1 Å². The van der Waals surface area contributed by atoms with Crippen LogP contribution in [0.5, 0.6) is 0 Å². The fourth-order valence-corrected chi connectivity index (χ4v) is 4.79. The first kappa shape index (κ1) is 21.7. The lowest BCUT2D eigenvalue weighted by Gasteiger charge is -2.32. The maximum Gasteiger partial charge on any atom is 0.234 e. The molecule has 0 radical (unpaired) electrons. The van der Waals surface area contributed by atoms with Crippen LogP contribution in [-0.4, -0.2) is 23.2 Å². The van der Waals surface area contributed by atoms with Crippen molar-refractivity contribution >= 4 is 34.9 Å². The van der Waals surface area contributed by atoms with Gasteiger partial charge in [-0.05, 0) is 44.0 Å². The summed E-state index contributed by atoms with van der Waals surface area (Å²) in [5.74, 6) is -0.317. The summed E-state index contributed by atoms with van der Waals surface area (Å²) in [5.41, 5.74) is 2.79. The Hall–Kier alpha value is -3.57. The number of hydrogen-bond donors (Lipinski definition) is 2. The third kappa shape index (κ3) is 4.39. The lowest BCUT2D eigenvalue weighted by molar-refractivity contribution is -0.116. The number of nitrogens with one attached hydrogen (secondary N) is 2. The SMILES string of the molecule is CC(=O)c1cccc(NC(=O)CSC2=C(C#N)[C@H](c3ccco3)C3=C(CCCC3=O)N2)c1. The predicted molar refractivity (Wildman–Crippen MR) is 121 cm³/mol. The molecule has 0 saturated carbocycles. The molecule has 0 unspecified atom stereocenters. The molecule has 4 rings (SSSR count). The molecule has 2 aromatic rings. The van der Waals surface area contributed by atoms with Crippen molar-refractivity contribution in [3.8, 4) is 6.07 Å². The van der Waals surface area contributed by atoms with E-state index in [1.54, 1.807) is 36.4 Å². The zero-order valence-corrected chi connectivity index (χ0v) is 18.3. The van der Waals surface area contributed by atoms with Crippen molar-refractivity contribution in [1.82, 2.24) is 5.32 Å². The minimum absolute atomic E-state index is 0.0139. The van der Waals surface area contributed by atoms with Gasteiger partial charge in [0.1, 0.15) is 5.76 Å². The summed E-state index contributed by atoms with van der Waals surface area (Å²) in [5, 5.41) is 16.5. The second-order valence-corrected chi connectivity index (χ2v) is 8.56. The molecule has 7 nitrogen and oxygen atoms in total. The monoisotopic (exact) mass is 447 g/mol. The number of carbonyl (C=O) groups is 3. The fourth-order valence-electron chi connectivity index (χ4n) is 3.93. The maximum atomic E-state index is 12.7. The van der Waals surface area contributed by atoms with Crippen molar-refractivity contribution in [2.75, 3.05) is 11.1 Å². The largest absolute Gasteiger partial charge is 0.468 e. The third-order valence-corrected chi connectivity index (χ3v) is 6.41. The number of anilines is 1. The van der Waals surface area contributed by atoms with E-state index in [1.165, 1.54) is 24.9 Å². The summed E-state index contributed by atoms with van der Waals surface area (Å²) in [6, 6.07) is 12.5. The normalized spacial score (nSPS) is 18.0. The highest BCUT2D eigenvalue weighted by Gasteiger charge is 2.38. The van der Waals surface area contributed by atoms with Crippen LogP contribution < -0.4 is 10.6 Å². The van der Waals surface area contributed by atoms with Crippen LogP contribution in [-0.2, 0) is 9.59 Å². The number of rotatable bonds is 6. The molecule has 162 valence electrons. The third-order valence-electron chi connectivity index (χ3n) is 5.39. The molecular weight excluding hydrogens is 426 g/mol. The van der Waals surface area contributed by atoms with E-state index < -0.39 is 5.92 Å². The zero-order chi connectivity index (χ0) is 22.7. The fraction of sp³-hybridized carbons (Fsp3) is 0.250. The van der Waals surface area contributed by atoms with Gasteiger partial charge < -0.3 is 15.1 Å². The van der Waals surface area contributed by atoms with E-state index in [9.17, 15) is 19.6 Å². The highest BCUT2D eigenvalue weighted by Crippen LogP contribution is 2.44. The van der Waals surface area contributed by atoms with Gasteiger partial charge in [-0.1, -0.05) is 23.9 Å². The Balaban J connectivity index is 1.55. The molecule has 1 amide bonds. The summed E-state index contributed by atoms with van der Waals surface area (Å²) in [7, 11) is 0. The highest BCUT2D eigenvalue weighted by atomic mass is 32.2. The van der Waals surface area contributed by atoms with Gasteiger partial charge >= 0.3 is 0 Å². The Morgan fingerprint density at radius 1 is 1.28 bits per heavy atom. The molecule has 2 heterocycles. The number of thioether (sulfide) groups is 1. The number of nitriles is 1. The molecule has 0 spiro atoms. The lowest BCUT2D eigenvalue weighted by Crippen LogP contribution is -2.31. The number of benzene rings is 1. The van der Waals surface area contributed by atoms with Crippen molar-refractivity contribution in [2.24, 2.45) is 0 Å². The average molecular weight is 448 g/mol. The molecule has 0 bridgehead atoms. The number of ketones is 2. The zero-order valence-electron chi connectivity index (χ0n) is 17.4. The Bertz CT molecular complexity index is 1190. The van der Waals surface area contributed by atoms with Gasteiger partial charge in [-0.25, -0.2) is 0 Å². The molecule has 1 aromatic heterocycles. The van der Waals surface area contributed by atoms with E-state index in [4.69, 9.17) is 4.42 Å². The van der Waals surface area contributed by atoms with Crippen molar-refractivity contribution in [2.45, 2.75) is 32.1 Å². The molecule has 1 atom stereocenters. The van der Waals surface area contributed by atoms with Gasteiger partial charge in [0.15, 0.2) is 11.6 Å². The van der Waals surface area contributed by atoms with E-state index in [1.807, 2.05) is 0 Å². The van der Waals surface area contributed by atoms with Gasteiger partial charge in [0.05, 0.1) is 34.6 Å². The number of furan rings is 1. The van der Waals surface area contributed by atoms with E-state index in [-0.39, 0.29) is 23.2 Å². The number of amides is 1. The van der Waals surface area contributed by atoms with Crippen molar-refractivity contribution < 1.29 is 18.8 Å². The number of nitrogens with zero attached hydrogens (tertiary/aromatic N) is 1. The summed E-state index contributed by atoms with van der Waals surface area (Å²) in [4.78, 5) is 36.8. The van der Waals surface area contributed by atoms with Gasteiger partial charge in [0.2, 0.25) is 5.91 Å². The average Bonchev–Trinajstić information content (AvgIpc) is 3.31. The number of Topliss-reactive ketones (excluding diaryl/α,β-unsaturated/α-hetero) is 2. The smallest absolute Gasteiger partial charge is 0.234 e. The molecule has 8 heteroatoms. The number of hydrogen-bond acceptors (Lipinski definition) is 7. The van der Waals surface area contributed by atoms with Gasteiger partial charge in [-0.15, -0.1) is 0 Å². The van der Waals surface area contributed by atoms with Crippen molar-refractivity contribution in [1.29, 1.82) is 5.26 Å². The van der Waals surface area contributed by atoms with Gasteiger partial charge in [0.25, 0.3) is 0 Å². The van der Waals surface area contributed by atoms with E-state index in [2.05, 4.69) is 16.7 Å². The molecule has 32 heavy (non-hydrogen) atoms. The topological polar surface area (TPSA) is 112 Å². The first-order valence-corrected chi connectivity index (χ1v) is 11.2. The quantitative estimate of drug-likeness (QED) is 0.636. The number of carbonyl (C=O) groups excluding carboxylic acids is 3. The summed E-state index contributed by atoms with van der Waals surface area (Å²) < 4.78 is 5.57. The highest BCUT2D eigenvalue weighted by molar-refractivity contribution is 8.03. The van der Waals surface area contributed by atoms with Gasteiger partial charge in [-0.2, -0.15) is 5.26 Å². The standard InChI is InChI=1S/C24H21N3O4S/c1-14(28)15-5-2-6-16(11-15)26-21(30)13-32-24-17(12-25)22(20-9-4-10-31-20)23-18(27-24)7-3-8-19(23)29/h2,4-6,9-11,22,27H,3,7-8,13H2,1H3,(H,26,30)/t22-/m1/s1. The molecule has 0 saturated heterocycles. The maximum absolute atomic E-state index is 12.7. The van der Waals surface area contributed by atoms with Crippen LogP contribution in [0.15, 0.2) is 69.0 Å². The van der Waals surface area contributed by atoms with Crippen LogP contribution >= 0.6 is 11.8 Å². The van der Waals surface area contributed by atoms with E-state index in [0.29, 0.717) is 46.0 Å². The lowest BCUT2D eigenvalue weighted by atomic mass is 9.79. The molecule has 2 N–H and O–H groups in total. The van der Waals surface area contributed by atoms with Crippen LogP contribution in [0.4, 0.5) is 5.69 Å². The second-order valence-electron chi connectivity index (χ2n) is 7.57. The predicted octanol–water partition coefficient (Wildman–Crippen LogP) is 4.28. The second kappa shape index (κ2) is 9.28. The molecule has 1 aliphatic heterocycles. The van der Waals surface area contributed by atoms with Crippen molar-refractivity contribution in [3.63, 3.8) is 0 Å². The number of allylic oxidation sites excluding steroid dienone is 3. The van der Waals surface area contributed by atoms with Crippen LogP contribution in [0, 0.1) is 11.3 Å².